The molecule has 3 aliphatic rings. The van der Waals surface area contributed by atoms with Gasteiger partial charge < -0.3 is 4.90 Å². The number of hydrogen-bond donors (Lipinski definition) is 0. The summed E-state index contributed by atoms with van der Waals surface area (Å²) in [6, 6.07) is 0. The molecular weight excluding hydrogens is 386 g/mol. The van der Waals surface area contributed by atoms with E-state index in [1.807, 2.05) is 37.2 Å². The lowest BCUT2D eigenvalue weighted by molar-refractivity contribution is 0.567. The molecule has 0 aromatic carbocycles. The molecule has 31 heavy (non-hydrogen) atoms. The highest BCUT2D eigenvalue weighted by atomic mass is 15.2. The van der Waals surface area contributed by atoms with E-state index in [0.717, 1.165) is 50.5 Å². The summed E-state index contributed by atoms with van der Waals surface area (Å²) in [5.74, 6) is 0. The zero-order valence-corrected chi connectivity index (χ0v) is 16.3. The molecule has 3 aromatic heterocycles. The molecule has 0 aliphatic carbocycles. The Morgan fingerprint density at radius 1 is 0.387 bits per heavy atom. The van der Waals surface area contributed by atoms with Crippen molar-refractivity contribution in [3.8, 4) is 0 Å². The summed E-state index contributed by atoms with van der Waals surface area (Å²) in [6.07, 6.45) is 28.5. The molecule has 0 N–H and O–H groups in total. The van der Waals surface area contributed by atoms with Crippen LogP contribution in [-0.2, 0) is 0 Å². The van der Waals surface area contributed by atoms with Crippen molar-refractivity contribution in [2.24, 2.45) is 0 Å². The second-order valence-electron chi connectivity index (χ2n) is 7.22. The Hall–Kier alpha value is -4.52. The predicted octanol–water partition coefficient (Wildman–Crippen LogP) is 3.60. The summed E-state index contributed by atoms with van der Waals surface area (Å²) in [5, 5.41) is 0. The van der Waals surface area contributed by atoms with Crippen LogP contribution in [0.4, 0.5) is 0 Å². The molecule has 146 valence electrons. The lowest BCUT2D eigenvalue weighted by atomic mass is 9.91. The first-order valence-corrected chi connectivity index (χ1v) is 9.72. The van der Waals surface area contributed by atoms with Crippen LogP contribution in [-0.4, -0.2) is 34.8 Å². The lowest BCUT2D eigenvalue weighted by Crippen LogP contribution is -2.26. The van der Waals surface area contributed by atoms with Gasteiger partial charge in [-0.1, -0.05) is 0 Å². The lowest BCUT2D eigenvalue weighted by Gasteiger charge is -2.37. The van der Waals surface area contributed by atoms with E-state index in [9.17, 15) is 0 Å². The highest BCUT2D eigenvalue weighted by Crippen LogP contribution is 2.42. The van der Waals surface area contributed by atoms with Gasteiger partial charge in [0.05, 0.1) is 0 Å². The molecule has 0 amide bonds. The van der Waals surface area contributed by atoms with Crippen LogP contribution in [0.2, 0.25) is 0 Å². The Kier molecular flexibility index (Phi) is 3.96. The molecule has 0 saturated heterocycles. The normalized spacial score (nSPS) is 16.8. The van der Waals surface area contributed by atoms with E-state index >= 15 is 0 Å². The minimum atomic E-state index is 0.962. The van der Waals surface area contributed by atoms with Crippen molar-refractivity contribution < 1.29 is 0 Å². The highest BCUT2D eigenvalue weighted by molar-refractivity contribution is 5.89. The van der Waals surface area contributed by atoms with E-state index in [1.165, 1.54) is 19.0 Å². The first kappa shape index (κ1) is 17.3. The van der Waals surface area contributed by atoms with E-state index in [4.69, 9.17) is 0 Å². The fourth-order valence-corrected chi connectivity index (χ4v) is 3.88. The minimum absolute atomic E-state index is 0.962. The van der Waals surface area contributed by atoms with Crippen LogP contribution in [0, 0.1) is 0 Å². The number of nitrogens with zero attached hydrogens (tertiary/aromatic N) is 7. The fraction of sp³-hybridized carbons (Fsp3) is 0. The summed E-state index contributed by atoms with van der Waals surface area (Å²) in [7, 11) is 0. The van der Waals surface area contributed by atoms with Gasteiger partial charge in [0, 0.05) is 71.0 Å². The molecule has 0 unspecified atom stereocenters. The molecule has 7 nitrogen and oxygen atoms in total. The third-order valence-electron chi connectivity index (χ3n) is 5.28. The molecule has 6 rings (SSSR count). The van der Waals surface area contributed by atoms with Gasteiger partial charge in [-0.05, 0) is 53.2 Å². The van der Waals surface area contributed by atoms with Gasteiger partial charge >= 0.3 is 0 Å². The molecule has 0 fully saturated rings. The Morgan fingerprint density at radius 3 is 0.968 bits per heavy atom. The first-order chi connectivity index (χ1) is 15.3. The average Bonchev–Trinajstić information content (AvgIpc) is 2.85. The molecule has 0 spiro atoms. The van der Waals surface area contributed by atoms with E-state index in [2.05, 4.69) is 71.3 Å². The maximum absolute atomic E-state index is 4.18. The van der Waals surface area contributed by atoms with Crippen molar-refractivity contribution >= 4 is 16.7 Å². The summed E-state index contributed by atoms with van der Waals surface area (Å²) in [4.78, 5) is 27.3. The van der Waals surface area contributed by atoms with Gasteiger partial charge in [0.2, 0.25) is 0 Å². The number of aromatic nitrogens is 6. The largest absolute Gasteiger partial charge is 0.310 e. The molecular formula is C24H15N7. The van der Waals surface area contributed by atoms with Crippen molar-refractivity contribution in [2.75, 3.05) is 0 Å². The summed E-state index contributed by atoms with van der Waals surface area (Å²) in [6.45, 7) is 0. The van der Waals surface area contributed by atoms with E-state index in [1.54, 1.807) is 0 Å². The van der Waals surface area contributed by atoms with Crippen LogP contribution in [0.3, 0.4) is 0 Å². The average molecular weight is 401 g/mol. The topological polar surface area (TPSA) is 80.6 Å². The van der Waals surface area contributed by atoms with E-state index in [-0.39, 0.29) is 0 Å². The molecule has 0 radical (unpaired) electrons. The van der Waals surface area contributed by atoms with Crippen LogP contribution in [0.15, 0.2) is 110 Å². The third kappa shape index (κ3) is 3.08. The molecule has 3 aliphatic heterocycles. The van der Waals surface area contributed by atoms with Crippen LogP contribution >= 0.6 is 0 Å². The summed E-state index contributed by atoms with van der Waals surface area (Å²) in [5.41, 5.74) is 9.20. The van der Waals surface area contributed by atoms with Crippen molar-refractivity contribution in [1.82, 2.24) is 34.8 Å². The molecule has 6 heterocycles. The van der Waals surface area contributed by atoms with Crippen molar-refractivity contribution in [1.29, 1.82) is 0 Å². The van der Waals surface area contributed by atoms with Gasteiger partial charge in [-0.25, -0.2) is 29.9 Å². The van der Waals surface area contributed by atoms with Gasteiger partial charge in [-0.3, -0.25) is 0 Å². The van der Waals surface area contributed by atoms with Crippen molar-refractivity contribution in [3.63, 3.8) is 0 Å². The quantitative estimate of drug-likeness (QED) is 0.663. The SMILES string of the molecule is C1=C(c2cncnc2)C=C2C=C(c3cncnc3)C=C3C=C(c4cncnc4)C=C1N23. The minimum Gasteiger partial charge on any atom is -0.310 e. The molecule has 0 bridgehead atoms. The van der Waals surface area contributed by atoms with Gasteiger partial charge in [0.15, 0.2) is 0 Å². The van der Waals surface area contributed by atoms with Crippen molar-refractivity contribution in [2.45, 2.75) is 0 Å². The first-order valence-electron chi connectivity index (χ1n) is 9.72. The second kappa shape index (κ2) is 7.07. The van der Waals surface area contributed by atoms with Gasteiger partial charge in [0.1, 0.15) is 19.0 Å². The summed E-state index contributed by atoms with van der Waals surface area (Å²) >= 11 is 0. The van der Waals surface area contributed by atoms with Crippen molar-refractivity contribution in [3.05, 3.63) is 126 Å². The fourth-order valence-electron chi connectivity index (χ4n) is 3.88. The molecule has 7 heteroatoms. The number of rotatable bonds is 3. The third-order valence-corrected chi connectivity index (χ3v) is 5.28. The Morgan fingerprint density at radius 2 is 0.677 bits per heavy atom. The van der Waals surface area contributed by atoms with Crippen LogP contribution < -0.4 is 0 Å². The highest BCUT2D eigenvalue weighted by Gasteiger charge is 2.28. The van der Waals surface area contributed by atoms with Crippen LogP contribution in [0.5, 0.6) is 0 Å². The van der Waals surface area contributed by atoms with Crippen LogP contribution in [0.25, 0.3) is 16.7 Å². The van der Waals surface area contributed by atoms with Gasteiger partial charge in [-0.15, -0.1) is 0 Å². The molecule has 0 atom stereocenters. The zero-order valence-electron chi connectivity index (χ0n) is 16.3. The Labute approximate surface area is 178 Å². The maximum atomic E-state index is 4.18. The standard InChI is InChI=1S/C24H15N7/c1-16(19-7-25-13-26-8-19)2-23-5-18(21-11-29-15-30-12-21)6-24-4-17(3-22(1)31(23)24)20-9-27-14-28-10-20/h1-15H. The molecule has 3 aromatic rings. The van der Waals surface area contributed by atoms with Crippen LogP contribution in [0.1, 0.15) is 16.7 Å². The number of hydrogen-bond acceptors (Lipinski definition) is 7. The second-order valence-corrected chi connectivity index (χ2v) is 7.22. The Bertz CT molecular complexity index is 1180. The van der Waals surface area contributed by atoms with Gasteiger partial charge in [0.25, 0.3) is 0 Å². The molecule has 0 saturated carbocycles. The van der Waals surface area contributed by atoms with Gasteiger partial charge in [-0.2, -0.15) is 0 Å². The van der Waals surface area contributed by atoms with E-state index < -0.39 is 0 Å². The predicted molar refractivity (Wildman–Crippen MR) is 116 cm³/mol. The number of allylic oxidation sites excluding steroid dienone is 9. The Balaban J connectivity index is 1.55. The van der Waals surface area contributed by atoms with E-state index in [0.29, 0.717) is 0 Å². The zero-order chi connectivity index (χ0) is 20.6. The smallest absolute Gasteiger partial charge is 0.115 e. The summed E-state index contributed by atoms with van der Waals surface area (Å²) < 4.78 is 0. The monoisotopic (exact) mass is 401 g/mol. The maximum Gasteiger partial charge on any atom is 0.115 e.